The van der Waals surface area contributed by atoms with E-state index < -0.39 is 0 Å². The smallest absolute Gasteiger partial charge is 0.191 e. The third kappa shape index (κ3) is 8.06. The molecule has 2 N–H and O–H groups in total. The van der Waals surface area contributed by atoms with E-state index >= 15 is 0 Å². The van der Waals surface area contributed by atoms with Gasteiger partial charge < -0.3 is 20.1 Å². The lowest BCUT2D eigenvalue weighted by atomic mass is 10.2. The van der Waals surface area contributed by atoms with E-state index in [0.717, 1.165) is 44.5 Å². The number of hydrogen-bond acceptors (Lipinski definition) is 4. The van der Waals surface area contributed by atoms with Gasteiger partial charge in [-0.1, -0.05) is 32.0 Å². The largest absolute Gasteiger partial charge is 0.492 e. The van der Waals surface area contributed by atoms with Crippen molar-refractivity contribution in [3.63, 3.8) is 0 Å². The first-order valence-corrected chi connectivity index (χ1v) is 9.71. The molecule has 0 aromatic heterocycles. The molecular weight excluding hydrogens is 328 g/mol. The van der Waals surface area contributed by atoms with Crippen LogP contribution in [0.3, 0.4) is 0 Å². The van der Waals surface area contributed by atoms with Gasteiger partial charge in [0.15, 0.2) is 5.96 Å². The molecule has 0 bridgehead atoms. The van der Waals surface area contributed by atoms with E-state index in [1.807, 2.05) is 30.3 Å². The van der Waals surface area contributed by atoms with Gasteiger partial charge in [-0.25, -0.2) is 0 Å². The van der Waals surface area contributed by atoms with Crippen molar-refractivity contribution in [2.24, 2.45) is 10.9 Å². The third-order valence-corrected chi connectivity index (χ3v) is 4.05. The van der Waals surface area contributed by atoms with E-state index in [-0.39, 0.29) is 6.10 Å². The lowest BCUT2D eigenvalue weighted by molar-refractivity contribution is -0.0261. The SMILES string of the molecule is CCNC(=NCC1CN(CC(C)C)CCO1)NCCOc1ccccc1. The van der Waals surface area contributed by atoms with Crippen LogP contribution in [-0.2, 0) is 4.74 Å². The predicted molar refractivity (Wildman–Crippen MR) is 107 cm³/mol. The van der Waals surface area contributed by atoms with Crippen LogP contribution < -0.4 is 15.4 Å². The van der Waals surface area contributed by atoms with Crippen LogP contribution in [0.2, 0.25) is 0 Å². The van der Waals surface area contributed by atoms with Crippen molar-refractivity contribution < 1.29 is 9.47 Å². The molecule has 2 rings (SSSR count). The van der Waals surface area contributed by atoms with Crippen LogP contribution in [0.5, 0.6) is 5.75 Å². The number of guanidine groups is 1. The molecule has 0 spiro atoms. The number of nitrogens with zero attached hydrogens (tertiary/aromatic N) is 2. The van der Waals surface area contributed by atoms with E-state index in [1.54, 1.807) is 0 Å². The summed E-state index contributed by atoms with van der Waals surface area (Å²) in [6.07, 6.45) is 0.165. The molecule has 1 heterocycles. The van der Waals surface area contributed by atoms with Crippen LogP contribution >= 0.6 is 0 Å². The molecule has 0 amide bonds. The van der Waals surface area contributed by atoms with Crippen molar-refractivity contribution in [1.82, 2.24) is 15.5 Å². The lowest BCUT2D eigenvalue weighted by Gasteiger charge is -2.33. The third-order valence-electron chi connectivity index (χ3n) is 4.05. The van der Waals surface area contributed by atoms with Gasteiger partial charge in [0.25, 0.3) is 0 Å². The zero-order chi connectivity index (χ0) is 18.6. The number of morpholine rings is 1. The second kappa shape index (κ2) is 11.8. The normalized spacial score (nSPS) is 18.8. The molecule has 1 aromatic carbocycles. The van der Waals surface area contributed by atoms with Crippen LogP contribution in [0.15, 0.2) is 35.3 Å². The molecule has 6 heteroatoms. The summed E-state index contributed by atoms with van der Waals surface area (Å²) in [5.41, 5.74) is 0. The fraction of sp³-hybridized carbons (Fsp3) is 0.650. The van der Waals surface area contributed by atoms with Gasteiger partial charge in [0.2, 0.25) is 0 Å². The number of para-hydroxylation sites is 1. The summed E-state index contributed by atoms with van der Waals surface area (Å²) < 4.78 is 11.6. The van der Waals surface area contributed by atoms with Crippen molar-refractivity contribution in [3.8, 4) is 5.75 Å². The Labute approximate surface area is 158 Å². The number of ether oxygens (including phenoxy) is 2. The number of hydrogen-bond donors (Lipinski definition) is 2. The highest BCUT2D eigenvalue weighted by Gasteiger charge is 2.20. The monoisotopic (exact) mass is 362 g/mol. The summed E-state index contributed by atoms with van der Waals surface area (Å²) in [6.45, 7) is 13.3. The molecule has 6 nitrogen and oxygen atoms in total. The molecule has 1 unspecified atom stereocenters. The first-order chi connectivity index (χ1) is 12.7. The first-order valence-electron chi connectivity index (χ1n) is 9.71. The maximum Gasteiger partial charge on any atom is 0.191 e. The van der Waals surface area contributed by atoms with Crippen LogP contribution in [0.1, 0.15) is 20.8 Å². The molecule has 1 saturated heterocycles. The van der Waals surface area contributed by atoms with Crippen LogP contribution in [-0.4, -0.2) is 69.4 Å². The van der Waals surface area contributed by atoms with Gasteiger partial charge in [0.1, 0.15) is 12.4 Å². The molecule has 1 atom stereocenters. The molecule has 1 aliphatic rings. The Kier molecular flexibility index (Phi) is 9.28. The molecule has 0 radical (unpaired) electrons. The summed E-state index contributed by atoms with van der Waals surface area (Å²) >= 11 is 0. The minimum Gasteiger partial charge on any atom is -0.492 e. The highest BCUT2D eigenvalue weighted by atomic mass is 16.5. The van der Waals surface area contributed by atoms with Crippen molar-refractivity contribution in [2.75, 3.05) is 52.5 Å². The van der Waals surface area contributed by atoms with Gasteiger partial charge in [-0.15, -0.1) is 0 Å². The maximum absolute atomic E-state index is 5.87. The van der Waals surface area contributed by atoms with E-state index in [2.05, 4.69) is 41.3 Å². The van der Waals surface area contributed by atoms with Crippen LogP contribution in [0, 0.1) is 5.92 Å². The van der Waals surface area contributed by atoms with E-state index in [9.17, 15) is 0 Å². The van der Waals surface area contributed by atoms with E-state index in [4.69, 9.17) is 9.47 Å². The summed E-state index contributed by atoms with van der Waals surface area (Å²) in [4.78, 5) is 7.16. The summed E-state index contributed by atoms with van der Waals surface area (Å²) in [6, 6.07) is 9.85. The highest BCUT2D eigenvalue weighted by molar-refractivity contribution is 5.79. The Morgan fingerprint density at radius 1 is 1.31 bits per heavy atom. The van der Waals surface area contributed by atoms with Crippen molar-refractivity contribution in [2.45, 2.75) is 26.9 Å². The van der Waals surface area contributed by atoms with Crippen molar-refractivity contribution in [3.05, 3.63) is 30.3 Å². The van der Waals surface area contributed by atoms with Crippen molar-refractivity contribution in [1.29, 1.82) is 0 Å². The van der Waals surface area contributed by atoms with Gasteiger partial charge in [-0.2, -0.15) is 0 Å². The second-order valence-electron chi connectivity index (χ2n) is 6.95. The quantitative estimate of drug-likeness (QED) is 0.400. The average molecular weight is 363 g/mol. The Hall–Kier alpha value is -1.79. The van der Waals surface area contributed by atoms with Gasteiger partial charge in [-0.3, -0.25) is 9.89 Å². The number of rotatable bonds is 9. The predicted octanol–water partition coefficient (Wildman–Crippen LogP) is 1.98. The van der Waals surface area contributed by atoms with Crippen LogP contribution in [0.4, 0.5) is 0 Å². The molecule has 26 heavy (non-hydrogen) atoms. The second-order valence-corrected chi connectivity index (χ2v) is 6.95. The van der Waals surface area contributed by atoms with Crippen LogP contribution in [0.25, 0.3) is 0 Å². The molecule has 146 valence electrons. The van der Waals surface area contributed by atoms with E-state index in [0.29, 0.717) is 25.6 Å². The summed E-state index contributed by atoms with van der Waals surface area (Å²) in [5, 5.41) is 6.60. The number of benzene rings is 1. The molecule has 1 aromatic rings. The fourth-order valence-corrected chi connectivity index (χ4v) is 2.96. The minimum atomic E-state index is 0.165. The highest BCUT2D eigenvalue weighted by Crippen LogP contribution is 2.09. The molecule has 1 fully saturated rings. The summed E-state index contributed by atoms with van der Waals surface area (Å²) in [5.74, 6) is 2.38. The zero-order valence-electron chi connectivity index (χ0n) is 16.4. The number of nitrogens with one attached hydrogen (secondary N) is 2. The minimum absolute atomic E-state index is 0.165. The Bertz CT molecular complexity index is 522. The van der Waals surface area contributed by atoms with Gasteiger partial charge in [-0.05, 0) is 25.0 Å². The Morgan fingerprint density at radius 3 is 2.85 bits per heavy atom. The van der Waals surface area contributed by atoms with E-state index in [1.165, 1.54) is 0 Å². The lowest BCUT2D eigenvalue weighted by Crippen LogP contribution is -2.46. The molecular formula is C20H34N4O2. The molecule has 0 aliphatic carbocycles. The standard InChI is InChI=1S/C20H34N4O2/c1-4-21-20(22-10-12-25-18-8-6-5-7-9-18)23-14-19-16-24(11-13-26-19)15-17(2)3/h5-9,17,19H,4,10-16H2,1-3H3,(H2,21,22,23). The average Bonchev–Trinajstić information content (AvgIpc) is 2.64. The fourth-order valence-electron chi connectivity index (χ4n) is 2.96. The molecule has 0 saturated carbocycles. The zero-order valence-corrected chi connectivity index (χ0v) is 16.4. The first kappa shape index (κ1) is 20.5. The van der Waals surface area contributed by atoms with Gasteiger partial charge in [0, 0.05) is 26.2 Å². The van der Waals surface area contributed by atoms with Crippen molar-refractivity contribution >= 4 is 5.96 Å². The van der Waals surface area contributed by atoms with Gasteiger partial charge in [0.05, 0.1) is 25.8 Å². The Morgan fingerprint density at radius 2 is 2.12 bits per heavy atom. The summed E-state index contributed by atoms with van der Waals surface area (Å²) in [7, 11) is 0. The molecule has 1 aliphatic heterocycles. The number of aliphatic imine (C=N–C) groups is 1. The topological polar surface area (TPSA) is 58.1 Å². The Balaban J connectivity index is 1.73. The maximum atomic E-state index is 5.87. The van der Waals surface area contributed by atoms with Gasteiger partial charge >= 0.3 is 0 Å².